The minimum Gasteiger partial charge on any atom is -0.478 e. The summed E-state index contributed by atoms with van der Waals surface area (Å²) in [7, 11) is 0. The van der Waals surface area contributed by atoms with Crippen molar-refractivity contribution in [1.29, 1.82) is 0 Å². The Morgan fingerprint density at radius 2 is 2.05 bits per heavy atom. The Morgan fingerprint density at radius 3 is 2.63 bits per heavy atom. The van der Waals surface area contributed by atoms with Gasteiger partial charge in [0, 0.05) is 12.6 Å². The normalized spacial score (nSPS) is 11.6. The van der Waals surface area contributed by atoms with Crippen molar-refractivity contribution >= 4 is 11.9 Å². The summed E-state index contributed by atoms with van der Waals surface area (Å²) in [6.45, 7) is 3.40. The van der Waals surface area contributed by atoms with Gasteiger partial charge in [0.25, 0.3) is 5.91 Å². The maximum atomic E-state index is 13.3. The summed E-state index contributed by atoms with van der Waals surface area (Å²) in [6.07, 6.45) is -1.09. The van der Waals surface area contributed by atoms with Crippen LogP contribution >= 0.6 is 0 Å². The molecule has 1 rings (SSSR count). The summed E-state index contributed by atoms with van der Waals surface area (Å²) in [6, 6.07) is 2.06. The monoisotopic (exact) mass is 272 g/mol. The molecule has 0 saturated carbocycles. The van der Waals surface area contributed by atoms with Crippen molar-refractivity contribution in [3.05, 3.63) is 29.8 Å². The molecule has 0 saturated heterocycles. The molecule has 0 fully saturated rings. The van der Waals surface area contributed by atoms with Crippen LogP contribution in [0.3, 0.4) is 0 Å². The minimum absolute atomic E-state index is 0.264. The van der Waals surface area contributed by atoms with Gasteiger partial charge in [-0.25, -0.2) is 13.6 Å². The Bertz CT molecular complexity index is 480. The van der Waals surface area contributed by atoms with E-state index in [1.165, 1.54) is 6.92 Å². The first kappa shape index (κ1) is 14.9. The van der Waals surface area contributed by atoms with Crippen LogP contribution in [-0.2, 0) is 4.79 Å². The zero-order valence-electron chi connectivity index (χ0n) is 10.5. The molecule has 19 heavy (non-hydrogen) atoms. The van der Waals surface area contributed by atoms with Crippen molar-refractivity contribution < 1.29 is 23.1 Å². The van der Waals surface area contributed by atoms with E-state index in [9.17, 15) is 18.4 Å². The third kappa shape index (κ3) is 4.53. The number of rotatable bonds is 4. The number of amides is 3. The molecule has 0 aliphatic carbocycles. The summed E-state index contributed by atoms with van der Waals surface area (Å²) in [4.78, 5) is 22.6. The van der Waals surface area contributed by atoms with E-state index < -0.39 is 29.7 Å². The number of ether oxygens (including phenoxy) is 1. The van der Waals surface area contributed by atoms with Crippen LogP contribution in [0, 0.1) is 11.6 Å². The number of imide groups is 1. The lowest BCUT2D eigenvalue weighted by atomic mass is 10.3. The van der Waals surface area contributed by atoms with Crippen molar-refractivity contribution in [3.63, 3.8) is 0 Å². The largest absolute Gasteiger partial charge is 0.478 e. The number of urea groups is 1. The number of hydrogen-bond donors (Lipinski definition) is 2. The molecular formula is C12H14F2N2O3. The summed E-state index contributed by atoms with van der Waals surface area (Å²) in [5.74, 6) is -2.66. The van der Waals surface area contributed by atoms with Gasteiger partial charge in [0.2, 0.25) is 0 Å². The highest BCUT2D eigenvalue weighted by atomic mass is 19.1. The lowest BCUT2D eigenvalue weighted by molar-refractivity contribution is -0.126. The average Bonchev–Trinajstić information content (AvgIpc) is 2.32. The summed E-state index contributed by atoms with van der Waals surface area (Å²) < 4.78 is 31.0. The van der Waals surface area contributed by atoms with Gasteiger partial charge in [-0.05, 0) is 26.0 Å². The molecule has 0 radical (unpaired) electrons. The molecular weight excluding hydrogens is 258 g/mol. The van der Waals surface area contributed by atoms with Crippen LogP contribution in [-0.4, -0.2) is 24.6 Å². The Labute approximate surface area is 108 Å². The topological polar surface area (TPSA) is 67.4 Å². The Balaban J connectivity index is 2.61. The van der Waals surface area contributed by atoms with Crippen molar-refractivity contribution in [2.24, 2.45) is 0 Å². The SMILES string of the molecule is CCNC(=O)NC(=O)[C@@H](C)Oc1ccc(F)cc1F. The summed E-state index contributed by atoms with van der Waals surface area (Å²) in [5, 5.41) is 4.39. The fraction of sp³-hybridized carbons (Fsp3) is 0.333. The molecule has 104 valence electrons. The molecule has 1 aromatic carbocycles. The van der Waals surface area contributed by atoms with Gasteiger partial charge in [-0.1, -0.05) is 0 Å². The number of benzene rings is 1. The Morgan fingerprint density at radius 1 is 1.37 bits per heavy atom. The quantitative estimate of drug-likeness (QED) is 0.874. The first-order valence-electron chi connectivity index (χ1n) is 5.64. The van der Waals surface area contributed by atoms with Gasteiger partial charge >= 0.3 is 6.03 Å². The van der Waals surface area contributed by atoms with Gasteiger partial charge in [0.1, 0.15) is 5.82 Å². The van der Waals surface area contributed by atoms with Crippen LogP contribution in [0.15, 0.2) is 18.2 Å². The highest BCUT2D eigenvalue weighted by Gasteiger charge is 2.18. The van der Waals surface area contributed by atoms with Crippen molar-refractivity contribution in [2.45, 2.75) is 20.0 Å². The van der Waals surface area contributed by atoms with Gasteiger partial charge in [0.15, 0.2) is 17.7 Å². The molecule has 0 aromatic heterocycles. The van der Waals surface area contributed by atoms with Crippen LogP contribution in [0.2, 0.25) is 0 Å². The minimum atomic E-state index is -1.09. The zero-order chi connectivity index (χ0) is 14.4. The van der Waals surface area contributed by atoms with Crippen LogP contribution in [0.5, 0.6) is 5.75 Å². The molecule has 0 spiro atoms. The predicted octanol–water partition coefficient (Wildman–Crippen LogP) is 1.58. The van der Waals surface area contributed by atoms with Crippen molar-refractivity contribution in [2.75, 3.05) is 6.54 Å². The highest BCUT2D eigenvalue weighted by Crippen LogP contribution is 2.18. The van der Waals surface area contributed by atoms with E-state index in [-0.39, 0.29) is 5.75 Å². The summed E-state index contributed by atoms with van der Waals surface area (Å²) in [5.41, 5.74) is 0. The van der Waals surface area contributed by atoms with Gasteiger partial charge in [0.05, 0.1) is 0 Å². The number of hydrogen-bond acceptors (Lipinski definition) is 3. The first-order valence-corrected chi connectivity index (χ1v) is 5.64. The molecule has 0 aliphatic heterocycles. The van der Waals surface area contributed by atoms with Gasteiger partial charge in [-0.2, -0.15) is 0 Å². The smallest absolute Gasteiger partial charge is 0.321 e. The molecule has 0 bridgehead atoms. The fourth-order valence-corrected chi connectivity index (χ4v) is 1.23. The summed E-state index contributed by atoms with van der Waals surface area (Å²) >= 11 is 0. The average molecular weight is 272 g/mol. The third-order valence-electron chi connectivity index (χ3n) is 2.14. The van der Waals surface area contributed by atoms with Gasteiger partial charge in [-0.15, -0.1) is 0 Å². The fourth-order valence-electron chi connectivity index (χ4n) is 1.23. The van der Waals surface area contributed by atoms with E-state index in [2.05, 4.69) is 5.32 Å². The second kappa shape index (κ2) is 6.67. The van der Waals surface area contributed by atoms with E-state index in [1.54, 1.807) is 6.92 Å². The van der Waals surface area contributed by atoms with E-state index in [0.29, 0.717) is 12.6 Å². The third-order valence-corrected chi connectivity index (χ3v) is 2.14. The number of nitrogens with one attached hydrogen (secondary N) is 2. The number of halogens is 2. The van der Waals surface area contributed by atoms with Gasteiger partial charge in [-0.3, -0.25) is 10.1 Å². The lowest BCUT2D eigenvalue weighted by Gasteiger charge is -2.14. The number of carbonyl (C=O) groups is 2. The molecule has 5 nitrogen and oxygen atoms in total. The lowest BCUT2D eigenvalue weighted by Crippen LogP contribution is -2.45. The molecule has 7 heteroatoms. The molecule has 2 N–H and O–H groups in total. The standard InChI is InChI=1S/C12H14F2N2O3/c1-3-15-12(18)16-11(17)7(2)19-10-5-4-8(13)6-9(10)14/h4-7H,3H2,1-2H3,(H2,15,16,17,18)/t7-/m1/s1. The van der Waals surface area contributed by atoms with Crippen LogP contribution in [0.4, 0.5) is 13.6 Å². The Kier molecular flexibility index (Phi) is 5.23. The van der Waals surface area contributed by atoms with Crippen molar-refractivity contribution in [3.8, 4) is 5.75 Å². The van der Waals surface area contributed by atoms with Crippen LogP contribution < -0.4 is 15.4 Å². The second-order valence-electron chi connectivity index (χ2n) is 3.68. The Hall–Kier alpha value is -2.18. The van der Waals surface area contributed by atoms with Crippen LogP contribution in [0.25, 0.3) is 0 Å². The number of carbonyl (C=O) groups excluding carboxylic acids is 2. The van der Waals surface area contributed by atoms with E-state index in [0.717, 1.165) is 12.1 Å². The molecule has 0 unspecified atom stereocenters. The maximum absolute atomic E-state index is 13.3. The predicted molar refractivity (Wildman–Crippen MR) is 63.7 cm³/mol. The van der Waals surface area contributed by atoms with E-state index in [4.69, 9.17) is 4.74 Å². The maximum Gasteiger partial charge on any atom is 0.321 e. The molecule has 1 aromatic rings. The first-order chi connectivity index (χ1) is 8.93. The molecule has 3 amide bonds. The van der Waals surface area contributed by atoms with Crippen molar-refractivity contribution in [1.82, 2.24) is 10.6 Å². The van der Waals surface area contributed by atoms with E-state index in [1.807, 2.05) is 5.32 Å². The second-order valence-corrected chi connectivity index (χ2v) is 3.68. The van der Waals surface area contributed by atoms with E-state index >= 15 is 0 Å². The van der Waals surface area contributed by atoms with Gasteiger partial charge < -0.3 is 10.1 Å². The molecule has 0 heterocycles. The zero-order valence-corrected chi connectivity index (χ0v) is 10.5. The molecule has 1 atom stereocenters. The highest BCUT2D eigenvalue weighted by molar-refractivity contribution is 5.96. The molecule has 0 aliphatic rings. The van der Waals surface area contributed by atoms with Crippen LogP contribution in [0.1, 0.15) is 13.8 Å².